The number of aromatic carboxylic acids is 1. The molecule has 1 unspecified atom stereocenters. The van der Waals surface area contributed by atoms with Crippen molar-refractivity contribution in [3.63, 3.8) is 0 Å². The zero-order chi connectivity index (χ0) is 14.0. The molecule has 0 amide bonds. The second-order valence-corrected chi connectivity index (χ2v) is 6.59. The minimum atomic E-state index is -0.851. The summed E-state index contributed by atoms with van der Waals surface area (Å²) in [5.74, 6) is -0.119. The van der Waals surface area contributed by atoms with Crippen molar-refractivity contribution in [3.8, 4) is 0 Å². The van der Waals surface area contributed by atoms with Crippen LogP contribution in [0.15, 0.2) is 24.3 Å². The van der Waals surface area contributed by atoms with Gasteiger partial charge < -0.3 is 5.11 Å². The van der Waals surface area contributed by atoms with Gasteiger partial charge in [0.1, 0.15) is 0 Å². The van der Waals surface area contributed by atoms with E-state index in [0.29, 0.717) is 11.0 Å². The second-order valence-electron chi connectivity index (χ2n) is 6.59. The first-order valence-electron chi connectivity index (χ1n) is 6.91. The summed E-state index contributed by atoms with van der Waals surface area (Å²) in [4.78, 5) is 13.4. The summed E-state index contributed by atoms with van der Waals surface area (Å²) in [6.07, 6.45) is 1.24. The summed E-state index contributed by atoms with van der Waals surface area (Å²) < 4.78 is 0. The topological polar surface area (TPSA) is 40.5 Å². The Bertz CT molecular complexity index is 462. The maximum absolute atomic E-state index is 11.0. The molecule has 0 aliphatic carbocycles. The number of carboxylic acids is 1. The van der Waals surface area contributed by atoms with E-state index in [0.717, 1.165) is 31.1 Å². The van der Waals surface area contributed by atoms with Crippen molar-refractivity contribution in [2.45, 2.75) is 33.7 Å². The summed E-state index contributed by atoms with van der Waals surface area (Å²) in [6.45, 7) is 9.97. The van der Waals surface area contributed by atoms with Crippen LogP contribution >= 0.6 is 0 Å². The van der Waals surface area contributed by atoms with Crippen molar-refractivity contribution in [1.29, 1.82) is 0 Å². The van der Waals surface area contributed by atoms with Crippen LogP contribution in [0.4, 0.5) is 0 Å². The normalized spacial score (nSPS) is 20.7. The molecule has 0 radical (unpaired) electrons. The zero-order valence-electron chi connectivity index (χ0n) is 12.0. The van der Waals surface area contributed by atoms with E-state index in [-0.39, 0.29) is 0 Å². The SMILES string of the molecule is CC(C)(C)C1CCN(Cc2cccc(C(=O)O)c2)C1. The fourth-order valence-corrected chi connectivity index (χ4v) is 2.74. The average molecular weight is 261 g/mol. The molecule has 1 saturated heterocycles. The van der Waals surface area contributed by atoms with Gasteiger partial charge in [0.2, 0.25) is 0 Å². The lowest BCUT2D eigenvalue weighted by Gasteiger charge is -2.27. The highest BCUT2D eigenvalue weighted by molar-refractivity contribution is 5.87. The molecule has 0 aromatic heterocycles. The van der Waals surface area contributed by atoms with E-state index in [1.165, 1.54) is 6.42 Å². The van der Waals surface area contributed by atoms with Crippen LogP contribution in [0, 0.1) is 11.3 Å². The maximum atomic E-state index is 11.0. The highest BCUT2D eigenvalue weighted by Gasteiger charge is 2.31. The van der Waals surface area contributed by atoms with E-state index in [4.69, 9.17) is 5.11 Å². The highest BCUT2D eigenvalue weighted by Crippen LogP contribution is 2.34. The van der Waals surface area contributed by atoms with Gasteiger partial charge in [-0.3, -0.25) is 4.90 Å². The molecule has 1 aromatic rings. The Morgan fingerprint density at radius 3 is 2.74 bits per heavy atom. The lowest BCUT2D eigenvalue weighted by molar-refractivity contribution is 0.0696. The Morgan fingerprint density at radius 1 is 1.42 bits per heavy atom. The fraction of sp³-hybridized carbons (Fsp3) is 0.562. The lowest BCUT2D eigenvalue weighted by atomic mass is 9.80. The Hall–Kier alpha value is -1.35. The van der Waals surface area contributed by atoms with Crippen molar-refractivity contribution in [3.05, 3.63) is 35.4 Å². The molecular formula is C16H23NO2. The van der Waals surface area contributed by atoms with Gasteiger partial charge in [-0.2, -0.15) is 0 Å². The van der Waals surface area contributed by atoms with Gasteiger partial charge in [-0.15, -0.1) is 0 Å². The number of hydrogen-bond acceptors (Lipinski definition) is 2. The van der Waals surface area contributed by atoms with E-state index in [2.05, 4.69) is 25.7 Å². The minimum Gasteiger partial charge on any atom is -0.478 e. The molecule has 1 aliphatic heterocycles. The number of likely N-dealkylation sites (tertiary alicyclic amines) is 1. The quantitative estimate of drug-likeness (QED) is 0.908. The monoisotopic (exact) mass is 261 g/mol. The molecule has 0 saturated carbocycles. The summed E-state index contributed by atoms with van der Waals surface area (Å²) >= 11 is 0. The zero-order valence-corrected chi connectivity index (χ0v) is 12.0. The molecule has 1 atom stereocenters. The van der Waals surface area contributed by atoms with Crippen LogP contribution in [0.1, 0.15) is 43.1 Å². The van der Waals surface area contributed by atoms with Gasteiger partial charge in [-0.1, -0.05) is 32.9 Å². The molecule has 19 heavy (non-hydrogen) atoms. The molecule has 104 valence electrons. The first kappa shape index (κ1) is 14.1. The Kier molecular flexibility index (Phi) is 3.95. The standard InChI is InChI=1S/C16H23NO2/c1-16(2,3)14-7-8-17(11-14)10-12-5-4-6-13(9-12)15(18)19/h4-6,9,14H,7-8,10-11H2,1-3H3,(H,18,19). The fourth-order valence-electron chi connectivity index (χ4n) is 2.74. The molecule has 1 aliphatic rings. The van der Waals surface area contributed by atoms with Crippen molar-refractivity contribution in [2.24, 2.45) is 11.3 Å². The predicted octanol–water partition coefficient (Wildman–Crippen LogP) is 3.25. The third kappa shape index (κ3) is 3.57. The van der Waals surface area contributed by atoms with Crippen LogP contribution in [-0.4, -0.2) is 29.1 Å². The van der Waals surface area contributed by atoms with Gasteiger partial charge in [-0.05, 0) is 42.0 Å². The van der Waals surface area contributed by atoms with Gasteiger partial charge in [-0.25, -0.2) is 4.79 Å². The third-order valence-corrected chi connectivity index (χ3v) is 4.08. The first-order valence-corrected chi connectivity index (χ1v) is 6.91. The van der Waals surface area contributed by atoms with E-state index < -0.39 is 5.97 Å². The summed E-state index contributed by atoms with van der Waals surface area (Å²) in [5.41, 5.74) is 1.83. The Balaban J connectivity index is 1.99. The first-order chi connectivity index (χ1) is 8.86. The van der Waals surface area contributed by atoms with Crippen LogP contribution in [-0.2, 0) is 6.54 Å². The summed E-state index contributed by atoms with van der Waals surface area (Å²) in [7, 11) is 0. The molecule has 1 aromatic carbocycles. The van der Waals surface area contributed by atoms with Crippen molar-refractivity contribution in [2.75, 3.05) is 13.1 Å². The molecule has 0 bridgehead atoms. The molecule has 3 heteroatoms. The number of carbonyl (C=O) groups is 1. The van der Waals surface area contributed by atoms with Crippen LogP contribution < -0.4 is 0 Å². The molecule has 2 rings (SSSR count). The predicted molar refractivity (Wildman–Crippen MR) is 76.2 cm³/mol. The summed E-state index contributed by atoms with van der Waals surface area (Å²) in [5, 5.41) is 9.01. The Labute approximate surface area is 115 Å². The number of benzene rings is 1. The summed E-state index contributed by atoms with van der Waals surface area (Å²) in [6, 6.07) is 7.27. The molecule has 3 nitrogen and oxygen atoms in total. The molecule has 1 N–H and O–H groups in total. The second kappa shape index (κ2) is 5.33. The number of carboxylic acid groups (broad SMARTS) is 1. The maximum Gasteiger partial charge on any atom is 0.335 e. The number of rotatable bonds is 3. The lowest BCUT2D eigenvalue weighted by Crippen LogP contribution is -2.25. The van der Waals surface area contributed by atoms with E-state index in [1.54, 1.807) is 12.1 Å². The molecule has 1 fully saturated rings. The number of nitrogens with zero attached hydrogens (tertiary/aromatic N) is 1. The smallest absolute Gasteiger partial charge is 0.335 e. The molecule has 0 spiro atoms. The van der Waals surface area contributed by atoms with Crippen LogP contribution in [0.3, 0.4) is 0 Å². The third-order valence-electron chi connectivity index (χ3n) is 4.08. The van der Waals surface area contributed by atoms with Gasteiger partial charge in [0.25, 0.3) is 0 Å². The van der Waals surface area contributed by atoms with Crippen molar-refractivity contribution in [1.82, 2.24) is 4.90 Å². The van der Waals surface area contributed by atoms with E-state index in [1.807, 2.05) is 12.1 Å². The Morgan fingerprint density at radius 2 is 2.16 bits per heavy atom. The largest absolute Gasteiger partial charge is 0.478 e. The molecular weight excluding hydrogens is 238 g/mol. The van der Waals surface area contributed by atoms with Crippen LogP contribution in [0.5, 0.6) is 0 Å². The minimum absolute atomic E-state index is 0.359. The van der Waals surface area contributed by atoms with Gasteiger partial charge in [0.05, 0.1) is 5.56 Å². The average Bonchev–Trinajstić information content (AvgIpc) is 2.77. The van der Waals surface area contributed by atoms with E-state index in [9.17, 15) is 4.79 Å². The van der Waals surface area contributed by atoms with Gasteiger partial charge in [0.15, 0.2) is 0 Å². The van der Waals surface area contributed by atoms with Crippen molar-refractivity contribution >= 4 is 5.97 Å². The van der Waals surface area contributed by atoms with Crippen LogP contribution in [0.25, 0.3) is 0 Å². The van der Waals surface area contributed by atoms with E-state index >= 15 is 0 Å². The van der Waals surface area contributed by atoms with Gasteiger partial charge in [0, 0.05) is 13.1 Å². The highest BCUT2D eigenvalue weighted by atomic mass is 16.4. The van der Waals surface area contributed by atoms with Crippen molar-refractivity contribution < 1.29 is 9.90 Å². The molecule has 1 heterocycles. The van der Waals surface area contributed by atoms with Crippen LogP contribution in [0.2, 0.25) is 0 Å². The number of hydrogen-bond donors (Lipinski definition) is 1. The van der Waals surface area contributed by atoms with Gasteiger partial charge >= 0.3 is 5.97 Å².